The van der Waals surface area contributed by atoms with Crippen molar-refractivity contribution in [2.75, 3.05) is 0 Å². The van der Waals surface area contributed by atoms with Gasteiger partial charge in [0, 0.05) is 18.0 Å². The van der Waals surface area contributed by atoms with Gasteiger partial charge in [-0.05, 0) is 13.3 Å². The molecular formula is C13H17N3O3. The summed E-state index contributed by atoms with van der Waals surface area (Å²) in [6.07, 6.45) is 3.57. The molecule has 3 heterocycles. The van der Waals surface area contributed by atoms with Crippen LogP contribution in [-0.4, -0.2) is 37.0 Å². The van der Waals surface area contributed by atoms with Gasteiger partial charge in [0.1, 0.15) is 0 Å². The molecule has 2 N–H and O–H groups in total. The molecule has 102 valence electrons. The summed E-state index contributed by atoms with van der Waals surface area (Å²) in [6.45, 7) is 2.84. The van der Waals surface area contributed by atoms with Gasteiger partial charge in [-0.25, -0.2) is 4.79 Å². The number of carboxylic acid groups (broad SMARTS) is 1. The van der Waals surface area contributed by atoms with Gasteiger partial charge in [0.05, 0.1) is 30.6 Å². The van der Waals surface area contributed by atoms with Crippen molar-refractivity contribution < 1.29 is 15.0 Å². The molecule has 0 radical (unpaired) electrons. The van der Waals surface area contributed by atoms with Crippen LogP contribution in [0.25, 0.3) is 0 Å². The fourth-order valence-corrected chi connectivity index (χ4v) is 2.90. The Kier molecular flexibility index (Phi) is 2.82. The first-order chi connectivity index (χ1) is 9.08. The van der Waals surface area contributed by atoms with Gasteiger partial charge in [-0.1, -0.05) is 12.2 Å². The molecule has 1 aromatic heterocycles. The Morgan fingerprint density at radius 2 is 2.26 bits per heavy atom. The standard InChI is InChI=1S/C13H17N3O3/c1-8-6-10-9(7-15(8)13(18)19)12-11(17)4-2-3-5-16(12)14-10/h2-3,8,11,17H,4-7H2,1H3,(H,18,19)/t8-,11?/m1/s1. The van der Waals surface area contributed by atoms with E-state index in [1.807, 2.05) is 19.1 Å². The van der Waals surface area contributed by atoms with E-state index in [0.29, 0.717) is 25.9 Å². The number of carbonyl (C=O) groups is 1. The molecule has 2 aliphatic heterocycles. The van der Waals surface area contributed by atoms with Crippen molar-refractivity contribution in [1.29, 1.82) is 0 Å². The summed E-state index contributed by atoms with van der Waals surface area (Å²) in [5.74, 6) is 0. The lowest BCUT2D eigenvalue weighted by Crippen LogP contribution is -2.41. The Labute approximate surface area is 110 Å². The number of hydrogen-bond donors (Lipinski definition) is 2. The summed E-state index contributed by atoms with van der Waals surface area (Å²) in [5.41, 5.74) is 2.59. The largest absolute Gasteiger partial charge is 0.465 e. The van der Waals surface area contributed by atoms with Crippen LogP contribution in [0.4, 0.5) is 4.79 Å². The summed E-state index contributed by atoms with van der Waals surface area (Å²) in [6, 6.07) is -0.0724. The van der Waals surface area contributed by atoms with Gasteiger partial charge in [-0.2, -0.15) is 5.10 Å². The van der Waals surface area contributed by atoms with Crippen LogP contribution in [0.2, 0.25) is 0 Å². The van der Waals surface area contributed by atoms with Gasteiger partial charge in [-0.15, -0.1) is 0 Å². The normalized spacial score (nSPS) is 25.7. The van der Waals surface area contributed by atoms with Gasteiger partial charge in [-0.3, -0.25) is 4.68 Å². The zero-order chi connectivity index (χ0) is 13.6. The van der Waals surface area contributed by atoms with E-state index in [-0.39, 0.29) is 6.04 Å². The maximum Gasteiger partial charge on any atom is 0.407 e. The van der Waals surface area contributed by atoms with Crippen molar-refractivity contribution in [2.24, 2.45) is 0 Å². The summed E-state index contributed by atoms with van der Waals surface area (Å²) < 4.78 is 1.80. The summed E-state index contributed by atoms with van der Waals surface area (Å²) in [5, 5.41) is 24.0. The smallest absolute Gasteiger partial charge is 0.407 e. The molecule has 1 aromatic rings. The molecular weight excluding hydrogens is 246 g/mol. The second kappa shape index (κ2) is 4.38. The molecule has 0 spiro atoms. The maximum atomic E-state index is 11.2. The molecule has 19 heavy (non-hydrogen) atoms. The quantitative estimate of drug-likeness (QED) is 0.692. The van der Waals surface area contributed by atoms with Crippen LogP contribution in [0.3, 0.4) is 0 Å². The molecule has 0 bridgehead atoms. The molecule has 6 nitrogen and oxygen atoms in total. The van der Waals surface area contributed by atoms with Crippen LogP contribution in [0.15, 0.2) is 12.2 Å². The summed E-state index contributed by atoms with van der Waals surface area (Å²) in [4.78, 5) is 12.7. The fraction of sp³-hybridized carbons (Fsp3) is 0.538. The Balaban J connectivity index is 2.04. The average molecular weight is 263 g/mol. The molecule has 0 aliphatic carbocycles. The Morgan fingerprint density at radius 1 is 1.47 bits per heavy atom. The molecule has 0 aromatic carbocycles. The first-order valence-corrected chi connectivity index (χ1v) is 6.49. The first-order valence-electron chi connectivity index (χ1n) is 6.49. The molecule has 0 saturated heterocycles. The number of aliphatic hydroxyl groups is 1. The lowest BCUT2D eigenvalue weighted by Gasteiger charge is -2.31. The lowest BCUT2D eigenvalue weighted by molar-refractivity contribution is 0.117. The minimum atomic E-state index is -0.917. The summed E-state index contributed by atoms with van der Waals surface area (Å²) >= 11 is 0. The SMILES string of the molecule is C[C@@H]1Cc2nn3c(c2CN1C(=O)O)C(O)CC=CC3. The molecule has 2 atom stereocenters. The van der Waals surface area contributed by atoms with Crippen molar-refractivity contribution in [3.63, 3.8) is 0 Å². The highest BCUT2D eigenvalue weighted by atomic mass is 16.4. The highest BCUT2D eigenvalue weighted by molar-refractivity contribution is 5.66. The molecule has 2 aliphatic rings. The maximum absolute atomic E-state index is 11.2. The van der Waals surface area contributed by atoms with E-state index in [9.17, 15) is 15.0 Å². The second-order valence-electron chi connectivity index (χ2n) is 5.18. The number of aromatic nitrogens is 2. The van der Waals surface area contributed by atoms with Crippen LogP contribution in [0.1, 0.15) is 36.4 Å². The molecule has 6 heteroatoms. The first kappa shape index (κ1) is 12.2. The zero-order valence-corrected chi connectivity index (χ0v) is 10.8. The molecule has 0 fully saturated rings. The third-order valence-electron chi connectivity index (χ3n) is 3.89. The van der Waals surface area contributed by atoms with E-state index < -0.39 is 12.2 Å². The van der Waals surface area contributed by atoms with Crippen LogP contribution in [0.5, 0.6) is 0 Å². The Morgan fingerprint density at radius 3 is 3.00 bits per heavy atom. The number of nitrogens with zero attached hydrogens (tertiary/aromatic N) is 3. The van der Waals surface area contributed by atoms with Crippen LogP contribution in [-0.2, 0) is 19.5 Å². The minimum absolute atomic E-state index is 0.0724. The van der Waals surface area contributed by atoms with Crippen molar-refractivity contribution in [3.8, 4) is 0 Å². The monoisotopic (exact) mass is 263 g/mol. The Bertz CT molecular complexity index is 550. The minimum Gasteiger partial charge on any atom is -0.465 e. The molecule has 1 unspecified atom stereocenters. The number of aliphatic hydroxyl groups excluding tert-OH is 1. The van der Waals surface area contributed by atoms with Crippen molar-refractivity contribution in [1.82, 2.24) is 14.7 Å². The number of amides is 1. The van der Waals surface area contributed by atoms with Crippen LogP contribution >= 0.6 is 0 Å². The lowest BCUT2D eigenvalue weighted by atomic mass is 9.97. The molecule has 1 amide bonds. The number of fused-ring (bicyclic) bond motifs is 3. The van der Waals surface area contributed by atoms with Crippen molar-refractivity contribution >= 4 is 6.09 Å². The van der Waals surface area contributed by atoms with E-state index in [1.165, 1.54) is 4.90 Å². The molecule has 3 rings (SSSR count). The predicted molar refractivity (Wildman–Crippen MR) is 67.7 cm³/mol. The number of hydrogen-bond acceptors (Lipinski definition) is 3. The van der Waals surface area contributed by atoms with Crippen LogP contribution < -0.4 is 0 Å². The molecule has 0 saturated carbocycles. The highest BCUT2D eigenvalue weighted by Gasteiger charge is 2.33. The third kappa shape index (κ3) is 1.92. The van der Waals surface area contributed by atoms with E-state index in [2.05, 4.69) is 5.10 Å². The number of allylic oxidation sites excluding steroid dienone is 1. The van der Waals surface area contributed by atoms with Gasteiger partial charge in [0.15, 0.2) is 0 Å². The van der Waals surface area contributed by atoms with Crippen molar-refractivity contribution in [3.05, 3.63) is 29.1 Å². The summed E-state index contributed by atoms with van der Waals surface area (Å²) in [7, 11) is 0. The highest BCUT2D eigenvalue weighted by Crippen LogP contribution is 2.32. The second-order valence-corrected chi connectivity index (χ2v) is 5.18. The van der Waals surface area contributed by atoms with Crippen LogP contribution in [0, 0.1) is 0 Å². The van der Waals surface area contributed by atoms with Gasteiger partial charge in [0.25, 0.3) is 0 Å². The number of rotatable bonds is 0. The Hall–Kier alpha value is -1.82. The van der Waals surface area contributed by atoms with E-state index in [1.54, 1.807) is 4.68 Å². The van der Waals surface area contributed by atoms with E-state index in [4.69, 9.17) is 0 Å². The topological polar surface area (TPSA) is 78.6 Å². The fourth-order valence-electron chi connectivity index (χ4n) is 2.90. The van der Waals surface area contributed by atoms with Gasteiger partial charge in [0.2, 0.25) is 0 Å². The average Bonchev–Trinajstić information content (AvgIpc) is 2.60. The zero-order valence-electron chi connectivity index (χ0n) is 10.8. The predicted octanol–water partition coefficient (Wildman–Crippen LogP) is 1.30. The third-order valence-corrected chi connectivity index (χ3v) is 3.89. The van der Waals surface area contributed by atoms with E-state index in [0.717, 1.165) is 17.0 Å². The van der Waals surface area contributed by atoms with Gasteiger partial charge < -0.3 is 15.1 Å². The van der Waals surface area contributed by atoms with Gasteiger partial charge >= 0.3 is 6.09 Å². The van der Waals surface area contributed by atoms with Crippen molar-refractivity contribution in [2.45, 2.75) is 45.0 Å². The van der Waals surface area contributed by atoms with E-state index >= 15 is 0 Å².